The van der Waals surface area contributed by atoms with E-state index in [0.29, 0.717) is 6.04 Å². The molecule has 0 saturated heterocycles. The van der Waals surface area contributed by atoms with Gasteiger partial charge < -0.3 is 14.8 Å². The molecular weight excluding hydrogens is 238 g/mol. The van der Waals surface area contributed by atoms with E-state index < -0.39 is 0 Å². The van der Waals surface area contributed by atoms with Crippen LogP contribution in [0.4, 0.5) is 0 Å². The predicted molar refractivity (Wildman–Crippen MR) is 78.1 cm³/mol. The SMILES string of the molecule is COc1cc(C)ccc1OC(C)CNC1CCCC1. The molecule has 0 aromatic heterocycles. The molecule has 1 aliphatic rings. The molecule has 1 saturated carbocycles. The van der Waals surface area contributed by atoms with Gasteiger partial charge in [-0.15, -0.1) is 0 Å². The number of rotatable bonds is 6. The summed E-state index contributed by atoms with van der Waals surface area (Å²) in [5, 5.41) is 3.58. The standard InChI is InChI=1S/C16H25NO2/c1-12-8-9-15(16(10-12)18-3)19-13(2)11-17-14-6-4-5-7-14/h8-10,13-14,17H,4-7,11H2,1-3H3. The molecule has 1 aromatic rings. The van der Waals surface area contributed by atoms with E-state index >= 15 is 0 Å². The number of methoxy groups -OCH3 is 1. The van der Waals surface area contributed by atoms with E-state index in [1.54, 1.807) is 7.11 Å². The summed E-state index contributed by atoms with van der Waals surface area (Å²) in [4.78, 5) is 0. The zero-order chi connectivity index (χ0) is 13.7. The fourth-order valence-corrected chi connectivity index (χ4v) is 2.59. The first-order chi connectivity index (χ1) is 9.19. The summed E-state index contributed by atoms with van der Waals surface area (Å²) in [6.07, 6.45) is 5.48. The Hall–Kier alpha value is -1.22. The Balaban J connectivity index is 1.85. The van der Waals surface area contributed by atoms with Gasteiger partial charge in [0.1, 0.15) is 6.10 Å². The van der Waals surface area contributed by atoms with Crippen LogP contribution in [0, 0.1) is 6.92 Å². The van der Waals surface area contributed by atoms with Crippen LogP contribution in [-0.2, 0) is 0 Å². The molecule has 0 spiro atoms. The predicted octanol–water partition coefficient (Wildman–Crippen LogP) is 3.30. The maximum absolute atomic E-state index is 5.96. The van der Waals surface area contributed by atoms with E-state index in [1.165, 1.54) is 31.2 Å². The molecule has 0 bridgehead atoms. The van der Waals surface area contributed by atoms with E-state index in [9.17, 15) is 0 Å². The highest BCUT2D eigenvalue weighted by Crippen LogP contribution is 2.28. The van der Waals surface area contributed by atoms with Gasteiger partial charge in [-0.25, -0.2) is 0 Å². The quantitative estimate of drug-likeness (QED) is 0.854. The van der Waals surface area contributed by atoms with E-state index in [4.69, 9.17) is 9.47 Å². The van der Waals surface area contributed by atoms with Crippen molar-refractivity contribution in [1.29, 1.82) is 0 Å². The van der Waals surface area contributed by atoms with Crippen molar-refractivity contribution < 1.29 is 9.47 Å². The lowest BCUT2D eigenvalue weighted by molar-refractivity contribution is 0.202. The molecule has 0 amide bonds. The topological polar surface area (TPSA) is 30.5 Å². The fourth-order valence-electron chi connectivity index (χ4n) is 2.59. The molecule has 106 valence electrons. The van der Waals surface area contributed by atoms with Crippen molar-refractivity contribution >= 4 is 0 Å². The van der Waals surface area contributed by atoms with Crippen molar-refractivity contribution in [3.05, 3.63) is 23.8 Å². The first-order valence-electron chi connectivity index (χ1n) is 7.23. The number of aryl methyl sites for hydroxylation is 1. The lowest BCUT2D eigenvalue weighted by Crippen LogP contribution is -2.35. The van der Waals surface area contributed by atoms with Crippen molar-refractivity contribution in [1.82, 2.24) is 5.32 Å². The van der Waals surface area contributed by atoms with Gasteiger partial charge in [-0.05, 0) is 44.4 Å². The molecule has 1 atom stereocenters. The smallest absolute Gasteiger partial charge is 0.161 e. The van der Waals surface area contributed by atoms with Crippen molar-refractivity contribution in [3.8, 4) is 11.5 Å². The lowest BCUT2D eigenvalue weighted by atomic mass is 10.2. The van der Waals surface area contributed by atoms with Crippen LogP contribution in [0.15, 0.2) is 18.2 Å². The van der Waals surface area contributed by atoms with E-state index in [0.717, 1.165) is 18.0 Å². The zero-order valence-electron chi connectivity index (χ0n) is 12.2. The van der Waals surface area contributed by atoms with Crippen LogP contribution in [0.25, 0.3) is 0 Å². The molecule has 1 N–H and O–H groups in total. The molecule has 2 rings (SSSR count). The number of ether oxygens (including phenoxy) is 2. The number of benzene rings is 1. The summed E-state index contributed by atoms with van der Waals surface area (Å²) in [6.45, 7) is 5.04. The first-order valence-corrected chi connectivity index (χ1v) is 7.23. The largest absolute Gasteiger partial charge is 0.493 e. The molecule has 3 heteroatoms. The molecule has 1 unspecified atom stereocenters. The molecule has 19 heavy (non-hydrogen) atoms. The second-order valence-electron chi connectivity index (χ2n) is 5.47. The summed E-state index contributed by atoms with van der Waals surface area (Å²) < 4.78 is 11.3. The van der Waals surface area contributed by atoms with Crippen molar-refractivity contribution in [2.24, 2.45) is 0 Å². The Morgan fingerprint density at radius 1 is 1.26 bits per heavy atom. The highest BCUT2D eigenvalue weighted by molar-refractivity contribution is 5.42. The van der Waals surface area contributed by atoms with Crippen LogP contribution in [0.2, 0.25) is 0 Å². The molecule has 3 nitrogen and oxygen atoms in total. The van der Waals surface area contributed by atoms with Crippen LogP contribution in [0.3, 0.4) is 0 Å². The minimum Gasteiger partial charge on any atom is -0.493 e. The van der Waals surface area contributed by atoms with Crippen molar-refractivity contribution in [3.63, 3.8) is 0 Å². The molecule has 1 aliphatic carbocycles. The Morgan fingerprint density at radius 3 is 2.68 bits per heavy atom. The normalized spacial score (nSPS) is 17.4. The maximum Gasteiger partial charge on any atom is 0.161 e. The number of hydrogen-bond donors (Lipinski definition) is 1. The van der Waals surface area contributed by atoms with Gasteiger partial charge in [0.2, 0.25) is 0 Å². The second kappa shape index (κ2) is 6.80. The van der Waals surface area contributed by atoms with E-state index in [-0.39, 0.29) is 6.10 Å². The van der Waals surface area contributed by atoms with Crippen molar-refractivity contribution in [2.75, 3.05) is 13.7 Å². The first kappa shape index (κ1) is 14.2. The van der Waals surface area contributed by atoms with Crippen LogP contribution in [0.1, 0.15) is 38.2 Å². The minimum atomic E-state index is 0.150. The van der Waals surface area contributed by atoms with Crippen LogP contribution < -0.4 is 14.8 Å². The Bertz CT molecular complexity index is 400. The maximum atomic E-state index is 5.96. The summed E-state index contributed by atoms with van der Waals surface area (Å²) >= 11 is 0. The Kier molecular flexibility index (Phi) is 5.08. The molecule has 0 aliphatic heterocycles. The summed E-state index contributed by atoms with van der Waals surface area (Å²) in [5.74, 6) is 1.64. The molecule has 0 heterocycles. The van der Waals surface area contributed by atoms with E-state index in [2.05, 4.69) is 25.2 Å². The van der Waals surface area contributed by atoms with Gasteiger partial charge in [-0.3, -0.25) is 0 Å². The van der Waals surface area contributed by atoms with Crippen LogP contribution in [-0.4, -0.2) is 25.8 Å². The zero-order valence-corrected chi connectivity index (χ0v) is 12.2. The molecule has 0 radical (unpaired) electrons. The van der Waals surface area contributed by atoms with Crippen molar-refractivity contribution in [2.45, 2.75) is 51.7 Å². The van der Waals surface area contributed by atoms with Gasteiger partial charge in [0, 0.05) is 12.6 Å². The third-order valence-corrected chi connectivity index (χ3v) is 3.70. The average Bonchev–Trinajstić information content (AvgIpc) is 2.91. The van der Waals surface area contributed by atoms with Gasteiger partial charge in [0.15, 0.2) is 11.5 Å². The summed E-state index contributed by atoms with van der Waals surface area (Å²) in [5.41, 5.74) is 1.18. The van der Waals surface area contributed by atoms with Gasteiger partial charge in [-0.2, -0.15) is 0 Å². The average molecular weight is 263 g/mol. The van der Waals surface area contributed by atoms with Crippen LogP contribution >= 0.6 is 0 Å². The Labute approximate surface area is 116 Å². The summed E-state index contributed by atoms with van der Waals surface area (Å²) in [7, 11) is 1.68. The van der Waals surface area contributed by atoms with Gasteiger partial charge in [0.25, 0.3) is 0 Å². The molecule has 1 fully saturated rings. The minimum absolute atomic E-state index is 0.150. The third-order valence-electron chi connectivity index (χ3n) is 3.70. The third kappa shape index (κ3) is 4.13. The lowest BCUT2D eigenvalue weighted by Gasteiger charge is -2.20. The van der Waals surface area contributed by atoms with E-state index in [1.807, 2.05) is 12.1 Å². The molecular formula is C16H25NO2. The second-order valence-corrected chi connectivity index (χ2v) is 5.47. The molecule has 1 aromatic carbocycles. The highest BCUT2D eigenvalue weighted by Gasteiger charge is 2.16. The van der Waals surface area contributed by atoms with Crippen LogP contribution in [0.5, 0.6) is 11.5 Å². The van der Waals surface area contributed by atoms with Gasteiger partial charge in [-0.1, -0.05) is 18.9 Å². The van der Waals surface area contributed by atoms with Gasteiger partial charge in [0.05, 0.1) is 7.11 Å². The Morgan fingerprint density at radius 2 is 2.00 bits per heavy atom. The van der Waals surface area contributed by atoms with Gasteiger partial charge >= 0.3 is 0 Å². The summed E-state index contributed by atoms with van der Waals surface area (Å²) in [6, 6.07) is 6.73. The number of hydrogen-bond acceptors (Lipinski definition) is 3. The number of nitrogens with one attached hydrogen (secondary N) is 1. The monoisotopic (exact) mass is 263 g/mol. The fraction of sp³-hybridized carbons (Fsp3) is 0.625. The highest BCUT2D eigenvalue weighted by atomic mass is 16.5.